The van der Waals surface area contributed by atoms with Crippen LogP contribution in [0.15, 0.2) is 42.5 Å². The first-order chi connectivity index (χ1) is 10.5. The van der Waals surface area contributed by atoms with E-state index < -0.39 is 0 Å². The zero-order valence-electron chi connectivity index (χ0n) is 14.3. The molecule has 0 aliphatic heterocycles. The second-order valence-corrected chi connectivity index (χ2v) is 6.28. The number of anilines is 1. The number of hydrogen-bond donors (Lipinski definition) is 1. The van der Waals surface area contributed by atoms with Gasteiger partial charge in [0.25, 0.3) is 0 Å². The monoisotopic (exact) mass is 297 g/mol. The molecular formula is C20H27NO. The van der Waals surface area contributed by atoms with E-state index in [9.17, 15) is 0 Å². The highest BCUT2D eigenvalue weighted by Crippen LogP contribution is 2.20. The smallest absolute Gasteiger partial charge is 0.119 e. The molecule has 0 aliphatic rings. The second-order valence-electron chi connectivity index (χ2n) is 6.28. The number of benzene rings is 2. The molecule has 2 nitrogen and oxygen atoms in total. The summed E-state index contributed by atoms with van der Waals surface area (Å²) in [5, 5.41) is 3.48. The Morgan fingerprint density at radius 1 is 0.955 bits per heavy atom. The molecule has 0 saturated heterocycles. The molecule has 0 aromatic heterocycles. The number of rotatable bonds is 6. The second kappa shape index (κ2) is 7.35. The van der Waals surface area contributed by atoms with Gasteiger partial charge in [0.05, 0.1) is 6.54 Å². The molecule has 118 valence electrons. The van der Waals surface area contributed by atoms with Crippen molar-refractivity contribution >= 4 is 5.69 Å². The minimum atomic E-state index is 0.116. The number of nitrogens with one attached hydrogen (secondary N) is 1. The highest BCUT2D eigenvalue weighted by molar-refractivity contribution is 5.53. The van der Waals surface area contributed by atoms with Crippen LogP contribution in [0.25, 0.3) is 0 Å². The van der Waals surface area contributed by atoms with E-state index in [2.05, 4.69) is 82.4 Å². The fourth-order valence-corrected chi connectivity index (χ4v) is 2.40. The number of ether oxygens (including phenoxy) is 1. The molecule has 22 heavy (non-hydrogen) atoms. The maximum absolute atomic E-state index is 5.98. The van der Waals surface area contributed by atoms with Crippen molar-refractivity contribution in [2.24, 2.45) is 0 Å². The highest BCUT2D eigenvalue weighted by atomic mass is 16.5. The summed E-state index contributed by atoms with van der Waals surface area (Å²) in [6.07, 6.45) is 0.116. The van der Waals surface area contributed by atoms with Crippen LogP contribution in [0.4, 0.5) is 5.69 Å². The standard InChI is InChI=1S/C20H27NO/c1-14(2)18-9-11-19(12-10-18)22-16(4)13-21-20-8-6-7-15(3)17(20)5/h6-12,14,16,21H,13H2,1-5H3. The van der Waals surface area contributed by atoms with E-state index in [1.165, 1.54) is 22.4 Å². The molecule has 0 fully saturated rings. The molecule has 2 aromatic rings. The van der Waals surface area contributed by atoms with Crippen LogP contribution in [0.1, 0.15) is 43.4 Å². The van der Waals surface area contributed by atoms with E-state index in [1.807, 2.05) is 0 Å². The Morgan fingerprint density at radius 2 is 1.64 bits per heavy atom. The first kappa shape index (κ1) is 16.4. The Kier molecular flexibility index (Phi) is 5.48. The first-order valence-corrected chi connectivity index (χ1v) is 8.04. The quantitative estimate of drug-likeness (QED) is 0.780. The lowest BCUT2D eigenvalue weighted by Crippen LogP contribution is -2.23. The SMILES string of the molecule is Cc1cccc(NCC(C)Oc2ccc(C(C)C)cc2)c1C. The van der Waals surface area contributed by atoms with E-state index in [1.54, 1.807) is 0 Å². The van der Waals surface area contributed by atoms with Crippen molar-refractivity contribution in [2.75, 3.05) is 11.9 Å². The van der Waals surface area contributed by atoms with Gasteiger partial charge in [0.2, 0.25) is 0 Å². The first-order valence-electron chi connectivity index (χ1n) is 8.04. The van der Waals surface area contributed by atoms with Crippen molar-refractivity contribution in [1.82, 2.24) is 0 Å². The molecule has 1 N–H and O–H groups in total. The van der Waals surface area contributed by atoms with E-state index in [0.29, 0.717) is 5.92 Å². The maximum Gasteiger partial charge on any atom is 0.119 e. The molecule has 2 heteroatoms. The lowest BCUT2D eigenvalue weighted by atomic mass is 10.0. The van der Waals surface area contributed by atoms with E-state index in [4.69, 9.17) is 4.74 Å². The Bertz CT molecular complexity index is 602. The van der Waals surface area contributed by atoms with Gasteiger partial charge in [0.15, 0.2) is 0 Å². The lowest BCUT2D eigenvalue weighted by molar-refractivity contribution is 0.234. The summed E-state index contributed by atoms with van der Waals surface area (Å²) in [7, 11) is 0. The van der Waals surface area contributed by atoms with Gasteiger partial charge in [-0.3, -0.25) is 0 Å². The van der Waals surface area contributed by atoms with Gasteiger partial charge in [0, 0.05) is 5.69 Å². The molecule has 0 amide bonds. The van der Waals surface area contributed by atoms with Crippen LogP contribution in [-0.4, -0.2) is 12.6 Å². The van der Waals surface area contributed by atoms with Crippen molar-refractivity contribution in [3.8, 4) is 5.75 Å². The van der Waals surface area contributed by atoms with Crippen LogP contribution in [-0.2, 0) is 0 Å². The molecule has 0 aliphatic carbocycles. The topological polar surface area (TPSA) is 21.3 Å². The number of aryl methyl sites for hydroxylation is 1. The van der Waals surface area contributed by atoms with Crippen molar-refractivity contribution in [2.45, 2.75) is 46.6 Å². The molecule has 0 spiro atoms. The molecule has 1 unspecified atom stereocenters. The Morgan fingerprint density at radius 3 is 2.27 bits per heavy atom. The van der Waals surface area contributed by atoms with Crippen LogP contribution in [0.5, 0.6) is 5.75 Å². The van der Waals surface area contributed by atoms with Crippen LogP contribution in [0.2, 0.25) is 0 Å². The predicted octanol–water partition coefficient (Wildman–Crippen LogP) is 5.31. The van der Waals surface area contributed by atoms with Gasteiger partial charge in [-0.1, -0.05) is 38.1 Å². The lowest BCUT2D eigenvalue weighted by Gasteiger charge is -2.18. The summed E-state index contributed by atoms with van der Waals surface area (Å²) in [6.45, 7) is 11.6. The fourth-order valence-electron chi connectivity index (χ4n) is 2.40. The summed E-state index contributed by atoms with van der Waals surface area (Å²) in [6, 6.07) is 14.7. The Hall–Kier alpha value is -1.96. The van der Waals surface area contributed by atoms with Crippen molar-refractivity contribution in [1.29, 1.82) is 0 Å². The molecule has 0 bridgehead atoms. The van der Waals surface area contributed by atoms with Gasteiger partial charge in [-0.25, -0.2) is 0 Å². The third-order valence-corrected chi connectivity index (χ3v) is 4.07. The van der Waals surface area contributed by atoms with Crippen LogP contribution >= 0.6 is 0 Å². The van der Waals surface area contributed by atoms with Crippen molar-refractivity contribution in [3.63, 3.8) is 0 Å². The van der Waals surface area contributed by atoms with E-state index in [-0.39, 0.29) is 6.10 Å². The molecule has 2 rings (SSSR count). The summed E-state index contributed by atoms with van der Waals surface area (Å²) in [5.41, 5.74) is 5.14. The third kappa shape index (κ3) is 4.27. The fraction of sp³-hybridized carbons (Fsp3) is 0.400. The molecular weight excluding hydrogens is 270 g/mol. The van der Waals surface area contributed by atoms with Gasteiger partial charge in [-0.2, -0.15) is 0 Å². The van der Waals surface area contributed by atoms with Gasteiger partial charge in [0.1, 0.15) is 11.9 Å². The molecule has 2 aromatic carbocycles. The van der Waals surface area contributed by atoms with Crippen LogP contribution in [0, 0.1) is 13.8 Å². The summed E-state index contributed by atoms with van der Waals surface area (Å²) in [4.78, 5) is 0. The molecule has 1 atom stereocenters. The van der Waals surface area contributed by atoms with E-state index >= 15 is 0 Å². The molecule has 0 radical (unpaired) electrons. The summed E-state index contributed by atoms with van der Waals surface area (Å²) in [5.74, 6) is 1.48. The van der Waals surface area contributed by atoms with Crippen molar-refractivity contribution in [3.05, 3.63) is 59.2 Å². The van der Waals surface area contributed by atoms with Gasteiger partial charge < -0.3 is 10.1 Å². The minimum Gasteiger partial charge on any atom is -0.489 e. The van der Waals surface area contributed by atoms with E-state index in [0.717, 1.165) is 12.3 Å². The molecule has 0 heterocycles. The van der Waals surface area contributed by atoms with Gasteiger partial charge >= 0.3 is 0 Å². The van der Waals surface area contributed by atoms with Crippen LogP contribution in [0.3, 0.4) is 0 Å². The maximum atomic E-state index is 5.98. The average molecular weight is 297 g/mol. The van der Waals surface area contributed by atoms with Gasteiger partial charge in [-0.15, -0.1) is 0 Å². The average Bonchev–Trinajstić information content (AvgIpc) is 2.49. The van der Waals surface area contributed by atoms with Crippen molar-refractivity contribution < 1.29 is 4.74 Å². The zero-order chi connectivity index (χ0) is 16.1. The summed E-state index contributed by atoms with van der Waals surface area (Å²) >= 11 is 0. The Balaban J connectivity index is 1.90. The largest absolute Gasteiger partial charge is 0.489 e. The Labute approximate surface area is 134 Å². The highest BCUT2D eigenvalue weighted by Gasteiger charge is 2.07. The summed E-state index contributed by atoms with van der Waals surface area (Å²) < 4.78 is 5.98. The van der Waals surface area contributed by atoms with Crippen LogP contribution < -0.4 is 10.1 Å². The molecule has 0 saturated carbocycles. The number of hydrogen-bond acceptors (Lipinski definition) is 2. The third-order valence-electron chi connectivity index (χ3n) is 4.07. The normalized spacial score (nSPS) is 12.3. The minimum absolute atomic E-state index is 0.116. The van der Waals surface area contributed by atoms with Gasteiger partial charge in [-0.05, 0) is 61.6 Å². The predicted molar refractivity (Wildman–Crippen MR) is 95.0 cm³/mol. The zero-order valence-corrected chi connectivity index (χ0v) is 14.3.